The predicted octanol–water partition coefficient (Wildman–Crippen LogP) is 2.86. The molecule has 1 amide bonds. The molecular formula is C14H17ClFNO2S. The van der Waals surface area contributed by atoms with Gasteiger partial charge in [0.2, 0.25) is 0 Å². The van der Waals surface area contributed by atoms with E-state index in [1.165, 1.54) is 18.2 Å². The van der Waals surface area contributed by atoms with Crippen LogP contribution in [-0.2, 0) is 0 Å². The third kappa shape index (κ3) is 3.10. The quantitative estimate of drug-likeness (QED) is 0.878. The van der Waals surface area contributed by atoms with E-state index < -0.39 is 17.3 Å². The van der Waals surface area contributed by atoms with Crippen LogP contribution in [0.25, 0.3) is 0 Å². The molecule has 1 saturated carbocycles. The Kier molecular flexibility index (Phi) is 4.94. The van der Waals surface area contributed by atoms with E-state index in [-0.39, 0.29) is 22.4 Å². The van der Waals surface area contributed by atoms with Crippen molar-refractivity contribution in [3.8, 4) is 0 Å². The van der Waals surface area contributed by atoms with Crippen LogP contribution in [0.2, 0.25) is 5.02 Å². The van der Waals surface area contributed by atoms with Crippen LogP contribution in [0.5, 0.6) is 0 Å². The van der Waals surface area contributed by atoms with Crippen molar-refractivity contribution >= 4 is 29.3 Å². The van der Waals surface area contributed by atoms with Gasteiger partial charge in [-0.2, -0.15) is 11.8 Å². The molecule has 1 aliphatic rings. The fraction of sp³-hybridized carbons (Fsp3) is 0.500. The Hall–Kier alpha value is -0.780. The van der Waals surface area contributed by atoms with Gasteiger partial charge in [0.1, 0.15) is 5.82 Å². The second-order valence-corrected chi connectivity index (χ2v) is 6.75. The standard InChI is InChI=1S/C14H17ClFNO2S/c1-2-20-11-6-7-14(11,19)8-17-13(18)12-9(15)4-3-5-10(12)16/h3-5,11,19H,2,6-8H2,1H3,(H,17,18)/t11-,14-/m0/s1. The van der Waals surface area contributed by atoms with Gasteiger partial charge in [-0.05, 0) is 30.7 Å². The van der Waals surface area contributed by atoms with Gasteiger partial charge in [0.25, 0.3) is 5.91 Å². The molecule has 1 aromatic rings. The first kappa shape index (κ1) is 15.6. The summed E-state index contributed by atoms with van der Waals surface area (Å²) in [5.74, 6) is -0.330. The van der Waals surface area contributed by atoms with Gasteiger partial charge < -0.3 is 10.4 Å². The molecule has 0 aromatic heterocycles. The van der Waals surface area contributed by atoms with Crippen LogP contribution in [-0.4, -0.2) is 34.2 Å². The van der Waals surface area contributed by atoms with E-state index in [4.69, 9.17) is 11.6 Å². The van der Waals surface area contributed by atoms with Gasteiger partial charge in [-0.15, -0.1) is 0 Å². The van der Waals surface area contributed by atoms with E-state index >= 15 is 0 Å². The largest absolute Gasteiger partial charge is 0.387 e. The van der Waals surface area contributed by atoms with E-state index in [2.05, 4.69) is 5.32 Å². The molecule has 110 valence electrons. The second-order valence-electron chi connectivity index (χ2n) is 4.87. The molecular weight excluding hydrogens is 301 g/mol. The molecule has 2 rings (SSSR count). The van der Waals surface area contributed by atoms with Crippen LogP contribution in [0.3, 0.4) is 0 Å². The van der Waals surface area contributed by atoms with Crippen molar-refractivity contribution in [2.45, 2.75) is 30.6 Å². The molecule has 2 N–H and O–H groups in total. The number of hydrogen-bond acceptors (Lipinski definition) is 3. The highest BCUT2D eigenvalue weighted by atomic mass is 35.5. The number of aliphatic hydroxyl groups is 1. The first-order valence-electron chi connectivity index (χ1n) is 6.54. The molecule has 0 heterocycles. The predicted molar refractivity (Wildman–Crippen MR) is 79.8 cm³/mol. The third-order valence-corrected chi connectivity index (χ3v) is 5.28. The first-order chi connectivity index (χ1) is 9.48. The van der Waals surface area contributed by atoms with E-state index in [0.29, 0.717) is 6.42 Å². The number of amides is 1. The average Bonchev–Trinajstić information content (AvgIpc) is 2.40. The number of carbonyl (C=O) groups is 1. The van der Waals surface area contributed by atoms with Crippen LogP contribution in [0.15, 0.2) is 18.2 Å². The minimum Gasteiger partial charge on any atom is -0.387 e. The molecule has 0 saturated heterocycles. The minimum atomic E-state index is -0.895. The molecule has 1 fully saturated rings. The average molecular weight is 318 g/mol. The minimum absolute atomic E-state index is 0.0718. The molecule has 3 nitrogen and oxygen atoms in total. The lowest BCUT2D eigenvalue weighted by Crippen LogP contribution is -2.57. The molecule has 1 aromatic carbocycles. The molecule has 0 bridgehead atoms. The number of rotatable bonds is 5. The van der Waals surface area contributed by atoms with E-state index in [9.17, 15) is 14.3 Å². The van der Waals surface area contributed by atoms with E-state index in [1.54, 1.807) is 11.8 Å². The number of halogens is 2. The lowest BCUT2D eigenvalue weighted by molar-refractivity contribution is -0.0222. The lowest BCUT2D eigenvalue weighted by Gasteiger charge is -2.45. The monoisotopic (exact) mass is 317 g/mol. The fourth-order valence-corrected chi connectivity index (χ4v) is 3.72. The van der Waals surface area contributed by atoms with Crippen LogP contribution >= 0.6 is 23.4 Å². The second kappa shape index (κ2) is 6.33. The van der Waals surface area contributed by atoms with Crippen molar-refractivity contribution < 1.29 is 14.3 Å². The topological polar surface area (TPSA) is 49.3 Å². The lowest BCUT2D eigenvalue weighted by atomic mass is 9.79. The van der Waals surface area contributed by atoms with Crippen LogP contribution in [0.1, 0.15) is 30.1 Å². The van der Waals surface area contributed by atoms with E-state index in [0.717, 1.165) is 12.2 Å². The number of nitrogens with one attached hydrogen (secondary N) is 1. The van der Waals surface area contributed by atoms with Gasteiger partial charge in [-0.3, -0.25) is 4.79 Å². The van der Waals surface area contributed by atoms with Crippen molar-refractivity contribution in [3.63, 3.8) is 0 Å². The fourth-order valence-electron chi connectivity index (χ4n) is 2.27. The van der Waals surface area contributed by atoms with Gasteiger partial charge in [0.15, 0.2) is 0 Å². The molecule has 0 radical (unpaired) electrons. The summed E-state index contributed by atoms with van der Waals surface area (Å²) < 4.78 is 13.6. The van der Waals surface area contributed by atoms with Crippen molar-refractivity contribution in [1.82, 2.24) is 5.32 Å². The highest BCUT2D eigenvalue weighted by Gasteiger charge is 2.45. The summed E-state index contributed by atoms with van der Waals surface area (Å²) in [5, 5.41) is 13.2. The van der Waals surface area contributed by atoms with Crippen molar-refractivity contribution in [2.24, 2.45) is 0 Å². The molecule has 0 spiro atoms. The maximum absolute atomic E-state index is 13.6. The summed E-state index contributed by atoms with van der Waals surface area (Å²) in [4.78, 5) is 12.0. The number of hydrogen-bond donors (Lipinski definition) is 2. The first-order valence-corrected chi connectivity index (χ1v) is 7.97. The zero-order valence-electron chi connectivity index (χ0n) is 11.2. The summed E-state index contributed by atoms with van der Waals surface area (Å²) >= 11 is 7.51. The number of carbonyl (C=O) groups excluding carboxylic acids is 1. The summed E-state index contributed by atoms with van der Waals surface area (Å²) in [5.41, 5.74) is -1.06. The maximum Gasteiger partial charge on any atom is 0.255 e. The Labute approximate surface area is 126 Å². The van der Waals surface area contributed by atoms with Gasteiger partial charge in [0, 0.05) is 11.8 Å². The molecule has 0 unspecified atom stereocenters. The highest BCUT2D eigenvalue weighted by Crippen LogP contribution is 2.40. The van der Waals surface area contributed by atoms with Crippen LogP contribution in [0, 0.1) is 5.82 Å². The number of thioether (sulfide) groups is 1. The highest BCUT2D eigenvalue weighted by molar-refractivity contribution is 8.00. The zero-order chi connectivity index (χ0) is 14.8. The SMILES string of the molecule is CCS[C@H]1CC[C@]1(O)CNC(=O)c1c(F)cccc1Cl. The molecule has 6 heteroatoms. The number of benzene rings is 1. The Morgan fingerprint density at radius 3 is 2.95 bits per heavy atom. The van der Waals surface area contributed by atoms with Crippen molar-refractivity contribution in [3.05, 3.63) is 34.6 Å². The molecule has 2 atom stereocenters. The van der Waals surface area contributed by atoms with Gasteiger partial charge in [-0.1, -0.05) is 24.6 Å². The van der Waals surface area contributed by atoms with Gasteiger partial charge in [-0.25, -0.2) is 4.39 Å². The van der Waals surface area contributed by atoms with Crippen molar-refractivity contribution in [1.29, 1.82) is 0 Å². The van der Waals surface area contributed by atoms with Crippen molar-refractivity contribution in [2.75, 3.05) is 12.3 Å². The smallest absolute Gasteiger partial charge is 0.255 e. The summed E-state index contributed by atoms with van der Waals surface area (Å²) in [6, 6.07) is 4.10. The Morgan fingerprint density at radius 2 is 2.40 bits per heavy atom. The third-order valence-electron chi connectivity index (χ3n) is 3.55. The Bertz CT molecular complexity index is 494. The van der Waals surface area contributed by atoms with Crippen LogP contribution < -0.4 is 5.32 Å². The summed E-state index contributed by atoms with van der Waals surface area (Å²) in [7, 11) is 0. The Morgan fingerprint density at radius 1 is 1.65 bits per heavy atom. The summed E-state index contributed by atoms with van der Waals surface area (Å²) in [6.45, 7) is 2.15. The van der Waals surface area contributed by atoms with Gasteiger partial charge in [0.05, 0.1) is 16.2 Å². The molecule has 1 aliphatic carbocycles. The molecule has 20 heavy (non-hydrogen) atoms. The maximum atomic E-state index is 13.6. The molecule has 0 aliphatic heterocycles. The summed E-state index contributed by atoms with van der Waals surface area (Å²) in [6.07, 6.45) is 1.58. The zero-order valence-corrected chi connectivity index (χ0v) is 12.7. The van der Waals surface area contributed by atoms with Crippen LogP contribution in [0.4, 0.5) is 4.39 Å². The normalized spacial score (nSPS) is 25.1. The Balaban J connectivity index is 1.99. The van der Waals surface area contributed by atoms with E-state index in [1.807, 2.05) is 6.92 Å². The van der Waals surface area contributed by atoms with Gasteiger partial charge >= 0.3 is 0 Å².